The van der Waals surface area contributed by atoms with Gasteiger partial charge in [-0.1, -0.05) is 60.1 Å². The molecule has 0 spiro atoms. The van der Waals surface area contributed by atoms with Gasteiger partial charge in [-0.3, -0.25) is 5.43 Å². The number of terminal acetylenes is 1. The van der Waals surface area contributed by atoms with Crippen LogP contribution in [-0.4, -0.2) is 11.7 Å². The van der Waals surface area contributed by atoms with Gasteiger partial charge in [-0.05, 0) is 17.7 Å². The molecule has 0 amide bonds. The molecule has 0 fully saturated rings. The van der Waals surface area contributed by atoms with E-state index in [1.165, 1.54) is 0 Å². The van der Waals surface area contributed by atoms with Crippen molar-refractivity contribution in [1.82, 2.24) is 5.43 Å². The van der Waals surface area contributed by atoms with E-state index in [-0.39, 0.29) is 12.0 Å². The molecule has 0 saturated carbocycles. The van der Waals surface area contributed by atoms with Crippen LogP contribution in [0.3, 0.4) is 0 Å². The molecule has 0 aliphatic carbocycles. The van der Waals surface area contributed by atoms with E-state index in [2.05, 4.69) is 28.6 Å². The van der Waals surface area contributed by atoms with Crippen LogP contribution in [0.5, 0.6) is 5.75 Å². The molecule has 3 rings (SSSR count). The van der Waals surface area contributed by atoms with Gasteiger partial charge in [0.1, 0.15) is 22.8 Å². The van der Waals surface area contributed by atoms with Crippen LogP contribution in [0.4, 0.5) is 0 Å². The third kappa shape index (κ3) is 3.21. The SMILES string of the molecule is C#CCOc1ccc([C@@H]2NN=C(c3ccccc3)S2)cc1. The summed E-state index contributed by atoms with van der Waals surface area (Å²) < 4.78 is 5.37. The molecule has 1 heterocycles. The first-order valence-electron chi connectivity index (χ1n) is 6.58. The Morgan fingerprint density at radius 1 is 1.14 bits per heavy atom. The van der Waals surface area contributed by atoms with Gasteiger partial charge >= 0.3 is 0 Å². The van der Waals surface area contributed by atoms with Gasteiger partial charge in [0.05, 0.1) is 0 Å². The maximum atomic E-state index is 5.37. The van der Waals surface area contributed by atoms with Crippen molar-refractivity contribution in [2.75, 3.05) is 6.61 Å². The first-order chi connectivity index (χ1) is 10.4. The van der Waals surface area contributed by atoms with Crippen molar-refractivity contribution in [1.29, 1.82) is 0 Å². The quantitative estimate of drug-likeness (QED) is 0.878. The third-order valence-electron chi connectivity index (χ3n) is 3.04. The molecule has 1 aliphatic rings. The molecule has 2 aromatic carbocycles. The van der Waals surface area contributed by atoms with E-state index in [0.717, 1.165) is 21.9 Å². The minimum absolute atomic E-state index is 0.127. The maximum Gasteiger partial charge on any atom is 0.148 e. The molecule has 21 heavy (non-hydrogen) atoms. The van der Waals surface area contributed by atoms with Crippen molar-refractivity contribution in [2.45, 2.75) is 5.37 Å². The van der Waals surface area contributed by atoms with Gasteiger partial charge in [-0.2, -0.15) is 5.10 Å². The van der Waals surface area contributed by atoms with E-state index in [4.69, 9.17) is 11.2 Å². The summed E-state index contributed by atoms with van der Waals surface area (Å²) in [5.41, 5.74) is 5.45. The number of nitrogens with zero attached hydrogens (tertiary/aromatic N) is 1. The van der Waals surface area contributed by atoms with Crippen molar-refractivity contribution in [3.05, 3.63) is 65.7 Å². The molecule has 0 radical (unpaired) electrons. The van der Waals surface area contributed by atoms with E-state index < -0.39 is 0 Å². The van der Waals surface area contributed by atoms with Crippen LogP contribution < -0.4 is 10.2 Å². The summed E-state index contributed by atoms with van der Waals surface area (Å²) in [6.45, 7) is 0.289. The van der Waals surface area contributed by atoms with Crippen LogP contribution in [-0.2, 0) is 0 Å². The molecule has 0 aromatic heterocycles. The highest BCUT2D eigenvalue weighted by Crippen LogP contribution is 2.34. The summed E-state index contributed by atoms with van der Waals surface area (Å²) in [5, 5.41) is 5.54. The van der Waals surface area contributed by atoms with Gasteiger partial charge in [0.15, 0.2) is 0 Å². The number of hydrogen-bond donors (Lipinski definition) is 1. The molecular formula is C17H14N2OS. The predicted octanol–water partition coefficient (Wildman–Crippen LogP) is 3.40. The number of thioether (sulfide) groups is 1. The summed E-state index contributed by atoms with van der Waals surface area (Å²) in [4.78, 5) is 0. The zero-order valence-corrected chi connectivity index (χ0v) is 12.1. The fraction of sp³-hybridized carbons (Fsp3) is 0.118. The van der Waals surface area contributed by atoms with Gasteiger partial charge in [0.25, 0.3) is 0 Å². The summed E-state index contributed by atoms with van der Waals surface area (Å²) in [5.74, 6) is 3.23. The molecule has 4 heteroatoms. The number of nitrogens with one attached hydrogen (secondary N) is 1. The lowest BCUT2D eigenvalue weighted by atomic mass is 10.2. The lowest BCUT2D eigenvalue weighted by molar-refractivity contribution is 0.370. The maximum absolute atomic E-state index is 5.37. The van der Waals surface area contributed by atoms with Gasteiger partial charge in [0.2, 0.25) is 0 Å². The average molecular weight is 294 g/mol. The highest BCUT2D eigenvalue weighted by molar-refractivity contribution is 8.14. The molecule has 104 valence electrons. The van der Waals surface area contributed by atoms with E-state index in [9.17, 15) is 0 Å². The molecule has 0 saturated heterocycles. The van der Waals surface area contributed by atoms with Crippen molar-refractivity contribution in [3.8, 4) is 18.1 Å². The van der Waals surface area contributed by atoms with E-state index in [1.54, 1.807) is 11.8 Å². The third-order valence-corrected chi connectivity index (χ3v) is 4.20. The zero-order valence-electron chi connectivity index (χ0n) is 11.3. The highest BCUT2D eigenvalue weighted by Gasteiger charge is 2.21. The number of ether oxygens (including phenoxy) is 1. The van der Waals surface area contributed by atoms with Gasteiger partial charge in [-0.15, -0.1) is 6.42 Å². The van der Waals surface area contributed by atoms with Crippen molar-refractivity contribution < 1.29 is 4.74 Å². The molecule has 1 N–H and O–H groups in total. The Bertz CT molecular complexity index is 674. The van der Waals surface area contributed by atoms with Crippen molar-refractivity contribution in [2.24, 2.45) is 5.10 Å². The Hall–Kier alpha value is -2.38. The van der Waals surface area contributed by atoms with Crippen LogP contribution >= 0.6 is 11.8 Å². The lowest BCUT2D eigenvalue weighted by Gasteiger charge is -2.10. The smallest absolute Gasteiger partial charge is 0.148 e. The van der Waals surface area contributed by atoms with Gasteiger partial charge in [0, 0.05) is 5.56 Å². The number of benzene rings is 2. The minimum Gasteiger partial charge on any atom is -0.481 e. The predicted molar refractivity (Wildman–Crippen MR) is 87.2 cm³/mol. The summed E-state index contributed by atoms with van der Waals surface area (Å²) in [7, 11) is 0. The molecule has 3 nitrogen and oxygen atoms in total. The summed E-state index contributed by atoms with van der Waals surface area (Å²) in [6, 6.07) is 18.1. The Balaban J connectivity index is 1.66. The standard InChI is InChI=1S/C17H14N2OS/c1-2-12-20-15-10-8-14(9-11-15)17-19-18-16(21-17)13-6-4-3-5-7-13/h1,3-11,17,19H,12H2/t17-/m1/s1. The second-order valence-corrected chi connectivity index (χ2v) is 5.57. The zero-order chi connectivity index (χ0) is 14.5. The first kappa shape index (κ1) is 13.6. The molecule has 0 bridgehead atoms. The summed E-state index contributed by atoms with van der Waals surface area (Å²) >= 11 is 1.71. The van der Waals surface area contributed by atoms with Crippen LogP contribution in [0.2, 0.25) is 0 Å². The molecule has 1 atom stereocenters. The number of hydrazone groups is 1. The van der Waals surface area contributed by atoms with Gasteiger partial charge in [-0.25, -0.2) is 0 Å². The van der Waals surface area contributed by atoms with Crippen LogP contribution in [0.25, 0.3) is 0 Å². The second-order valence-electron chi connectivity index (χ2n) is 4.47. The average Bonchev–Trinajstić information content (AvgIpc) is 3.04. The van der Waals surface area contributed by atoms with Gasteiger partial charge < -0.3 is 4.74 Å². The number of rotatable bonds is 4. The normalized spacial score (nSPS) is 16.7. The number of hydrogen-bond acceptors (Lipinski definition) is 4. The molecule has 0 unspecified atom stereocenters. The van der Waals surface area contributed by atoms with Crippen LogP contribution in [0.15, 0.2) is 59.7 Å². The Labute approximate surface area is 128 Å². The first-order valence-corrected chi connectivity index (χ1v) is 7.46. The molecule has 1 aliphatic heterocycles. The van der Waals surface area contributed by atoms with Crippen molar-refractivity contribution >= 4 is 16.8 Å². The second kappa shape index (κ2) is 6.38. The lowest BCUT2D eigenvalue weighted by Crippen LogP contribution is -2.06. The molecule has 2 aromatic rings. The monoisotopic (exact) mass is 294 g/mol. The van der Waals surface area contributed by atoms with E-state index in [1.807, 2.05) is 42.5 Å². The molecular weight excluding hydrogens is 280 g/mol. The van der Waals surface area contributed by atoms with E-state index in [0.29, 0.717) is 0 Å². The van der Waals surface area contributed by atoms with E-state index >= 15 is 0 Å². The Morgan fingerprint density at radius 2 is 1.90 bits per heavy atom. The summed E-state index contributed by atoms with van der Waals surface area (Å²) in [6.07, 6.45) is 5.17. The fourth-order valence-electron chi connectivity index (χ4n) is 2.00. The Kier molecular flexibility index (Phi) is 4.13. The fourth-order valence-corrected chi connectivity index (χ4v) is 3.00. The van der Waals surface area contributed by atoms with Crippen molar-refractivity contribution in [3.63, 3.8) is 0 Å². The minimum atomic E-state index is 0.127. The topological polar surface area (TPSA) is 33.6 Å². The van der Waals surface area contributed by atoms with Crippen LogP contribution in [0.1, 0.15) is 16.5 Å². The highest BCUT2D eigenvalue weighted by atomic mass is 32.2. The largest absolute Gasteiger partial charge is 0.481 e. The Morgan fingerprint density at radius 3 is 2.62 bits per heavy atom. The van der Waals surface area contributed by atoms with Crippen LogP contribution in [0, 0.1) is 12.3 Å².